The van der Waals surface area contributed by atoms with Crippen LogP contribution >= 0.6 is 11.6 Å². The highest BCUT2D eigenvalue weighted by Gasteiger charge is 2.09. The molecule has 5 nitrogen and oxygen atoms in total. The molecule has 0 aliphatic heterocycles. The minimum absolute atomic E-state index is 0.00789. The zero-order chi connectivity index (χ0) is 13.4. The van der Waals surface area contributed by atoms with Crippen molar-refractivity contribution in [1.29, 1.82) is 0 Å². The quantitative estimate of drug-likeness (QED) is 0.262. The lowest BCUT2D eigenvalue weighted by Gasteiger charge is -2.11. The lowest BCUT2D eigenvalue weighted by atomic mass is 10.2. The van der Waals surface area contributed by atoms with E-state index < -0.39 is 0 Å². The first-order chi connectivity index (χ1) is 8.69. The number of amidine groups is 1. The first-order valence-corrected chi connectivity index (χ1v) is 6.04. The predicted molar refractivity (Wildman–Crippen MR) is 70.6 cm³/mol. The van der Waals surface area contributed by atoms with Crippen LogP contribution in [-0.2, 0) is 4.74 Å². The molecule has 18 heavy (non-hydrogen) atoms. The topological polar surface area (TPSA) is 77.1 Å². The molecule has 0 aliphatic rings. The van der Waals surface area contributed by atoms with Crippen molar-refractivity contribution in [2.24, 2.45) is 10.9 Å². The number of ether oxygens (including phenoxy) is 2. The molecule has 1 aromatic carbocycles. The van der Waals surface area contributed by atoms with E-state index in [1.807, 2.05) is 6.92 Å². The summed E-state index contributed by atoms with van der Waals surface area (Å²) in [5.74, 6) is 0.487. The molecule has 0 amide bonds. The molecule has 1 aromatic rings. The van der Waals surface area contributed by atoms with Crippen LogP contribution in [0.15, 0.2) is 23.4 Å². The van der Waals surface area contributed by atoms with Crippen molar-refractivity contribution >= 4 is 17.4 Å². The molecule has 100 valence electrons. The second kappa shape index (κ2) is 7.79. The van der Waals surface area contributed by atoms with E-state index in [-0.39, 0.29) is 5.84 Å². The minimum Gasteiger partial charge on any atom is -0.493 e. The molecule has 0 aliphatic carbocycles. The van der Waals surface area contributed by atoms with E-state index in [0.717, 1.165) is 6.42 Å². The van der Waals surface area contributed by atoms with Crippen molar-refractivity contribution in [3.63, 3.8) is 0 Å². The molecule has 0 saturated carbocycles. The van der Waals surface area contributed by atoms with Gasteiger partial charge in [0, 0.05) is 24.7 Å². The summed E-state index contributed by atoms with van der Waals surface area (Å²) in [4.78, 5) is 0. The van der Waals surface area contributed by atoms with Crippen molar-refractivity contribution in [3.05, 3.63) is 28.8 Å². The van der Waals surface area contributed by atoms with E-state index >= 15 is 0 Å². The molecular formula is C12H17ClN2O3. The molecule has 3 N–H and O–H groups in total. The fourth-order valence-electron chi connectivity index (χ4n) is 1.37. The standard InChI is InChI=1S/C12H17ClN2O3/c1-2-17-6-3-7-18-11-8-9(13)4-5-10(11)12(14)15-16/h4-5,8,16H,2-3,6-7H2,1H3,(H2,14,15). The van der Waals surface area contributed by atoms with Crippen molar-refractivity contribution in [2.75, 3.05) is 19.8 Å². The highest BCUT2D eigenvalue weighted by atomic mass is 35.5. The Balaban J connectivity index is 2.65. The zero-order valence-corrected chi connectivity index (χ0v) is 11.0. The molecule has 0 atom stereocenters. The Morgan fingerprint density at radius 1 is 1.44 bits per heavy atom. The molecule has 0 aromatic heterocycles. The van der Waals surface area contributed by atoms with Gasteiger partial charge in [0.25, 0.3) is 0 Å². The summed E-state index contributed by atoms with van der Waals surface area (Å²) >= 11 is 5.88. The van der Waals surface area contributed by atoms with Crippen LogP contribution in [0, 0.1) is 0 Å². The third-order valence-corrected chi connectivity index (χ3v) is 2.46. The molecule has 0 unspecified atom stereocenters. The number of nitrogens with zero attached hydrogens (tertiary/aromatic N) is 1. The molecule has 0 fully saturated rings. The second-order valence-corrected chi connectivity index (χ2v) is 3.96. The Bertz CT molecular complexity index is 410. The number of hydrogen-bond donors (Lipinski definition) is 2. The Morgan fingerprint density at radius 2 is 2.22 bits per heavy atom. The molecule has 0 heterocycles. The zero-order valence-electron chi connectivity index (χ0n) is 10.2. The average Bonchev–Trinajstić information content (AvgIpc) is 2.38. The Hall–Kier alpha value is -1.46. The predicted octanol–water partition coefficient (Wildman–Crippen LogP) is 2.24. The summed E-state index contributed by atoms with van der Waals surface area (Å²) in [6.45, 7) is 3.74. The minimum atomic E-state index is -0.00789. The number of oxime groups is 1. The van der Waals surface area contributed by atoms with Crippen LogP contribution < -0.4 is 10.5 Å². The van der Waals surface area contributed by atoms with Gasteiger partial charge in [0.05, 0.1) is 12.2 Å². The summed E-state index contributed by atoms with van der Waals surface area (Å²) in [7, 11) is 0. The smallest absolute Gasteiger partial charge is 0.173 e. The van der Waals surface area contributed by atoms with Gasteiger partial charge in [0.1, 0.15) is 5.75 Å². The first kappa shape index (κ1) is 14.6. The van der Waals surface area contributed by atoms with E-state index in [1.54, 1.807) is 18.2 Å². The molecule has 0 saturated heterocycles. The lowest BCUT2D eigenvalue weighted by molar-refractivity contribution is 0.131. The van der Waals surface area contributed by atoms with Gasteiger partial charge in [-0.1, -0.05) is 16.8 Å². The fourth-order valence-corrected chi connectivity index (χ4v) is 1.53. The monoisotopic (exact) mass is 272 g/mol. The number of benzene rings is 1. The number of hydrogen-bond acceptors (Lipinski definition) is 4. The lowest BCUT2D eigenvalue weighted by Crippen LogP contribution is -2.15. The second-order valence-electron chi connectivity index (χ2n) is 3.52. The van der Waals surface area contributed by atoms with Crippen LogP contribution in [0.1, 0.15) is 18.9 Å². The van der Waals surface area contributed by atoms with E-state index in [0.29, 0.717) is 36.2 Å². The third kappa shape index (κ3) is 4.43. The van der Waals surface area contributed by atoms with Gasteiger partial charge in [-0.3, -0.25) is 0 Å². The summed E-state index contributed by atoms with van der Waals surface area (Å²) in [5, 5.41) is 12.2. The Labute approximate surface area is 111 Å². The van der Waals surface area contributed by atoms with Gasteiger partial charge in [-0.2, -0.15) is 0 Å². The number of nitrogens with two attached hydrogens (primary N) is 1. The van der Waals surface area contributed by atoms with Crippen LogP contribution in [0.25, 0.3) is 0 Å². The maximum Gasteiger partial charge on any atom is 0.173 e. The van der Waals surface area contributed by atoms with E-state index in [1.165, 1.54) is 0 Å². The number of halogens is 1. The third-order valence-electron chi connectivity index (χ3n) is 2.22. The van der Waals surface area contributed by atoms with Gasteiger partial charge >= 0.3 is 0 Å². The fraction of sp³-hybridized carbons (Fsp3) is 0.417. The molecule has 0 spiro atoms. The highest BCUT2D eigenvalue weighted by molar-refractivity contribution is 6.30. The van der Waals surface area contributed by atoms with Crippen molar-refractivity contribution in [2.45, 2.75) is 13.3 Å². The van der Waals surface area contributed by atoms with Gasteiger partial charge in [0.2, 0.25) is 0 Å². The van der Waals surface area contributed by atoms with Gasteiger partial charge < -0.3 is 20.4 Å². The van der Waals surface area contributed by atoms with Crippen LogP contribution in [0.2, 0.25) is 5.02 Å². The largest absolute Gasteiger partial charge is 0.493 e. The van der Waals surface area contributed by atoms with Crippen LogP contribution in [0.3, 0.4) is 0 Å². The van der Waals surface area contributed by atoms with Crippen molar-refractivity contribution < 1.29 is 14.7 Å². The van der Waals surface area contributed by atoms with Crippen LogP contribution in [-0.4, -0.2) is 30.9 Å². The van der Waals surface area contributed by atoms with E-state index in [9.17, 15) is 0 Å². The average molecular weight is 273 g/mol. The van der Waals surface area contributed by atoms with Gasteiger partial charge in [-0.15, -0.1) is 0 Å². The first-order valence-electron chi connectivity index (χ1n) is 5.67. The Kier molecular flexibility index (Phi) is 6.32. The van der Waals surface area contributed by atoms with Crippen molar-refractivity contribution in [1.82, 2.24) is 0 Å². The summed E-state index contributed by atoms with van der Waals surface area (Å²) in [6.07, 6.45) is 0.760. The highest BCUT2D eigenvalue weighted by Crippen LogP contribution is 2.23. The maximum absolute atomic E-state index is 8.68. The molecule has 0 bridgehead atoms. The van der Waals surface area contributed by atoms with Crippen LogP contribution in [0.5, 0.6) is 5.75 Å². The maximum atomic E-state index is 8.68. The van der Waals surface area contributed by atoms with Crippen LogP contribution in [0.4, 0.5) is 0 Å². The molecule has 1 rings (SSSR count). The summed E-state index contributed by atoms with van der Waals surface area (Å²) < 4.78 is 10.8. The molecular weight excluding hydrogens is 256 g/mol. The van der Waals surface area contributed by atoms with Gasteiger partial charge in [-0.25, -0.2) is 0 Å². The molecule has 6 heteroatoms. The van der Waals surface area contributed by atoms with Crippen molar-refractivity contribution in [3.8, 4) is 5.75 Å². The van der Waals surface area contributed by atoms with Gasteiger partial charge in [-0.05, 0) is 25.1 Å². The summed E-state index contributed by atoms with van der Waals surface area (Å²) in [6, 6.07) is 4.94. The van der Waals surface area contributed by atoms with E-state index in [2.05, 4.69) is 5.16 Å². The summed E-state index contributed by atoms with van der Waals surface area (Å²) in [5.41, 5.74) is 6.06. The SMILES string of the molecule is CCOCCCOc1cc(Cl)ccc1/C(N)=N/O. The Morgan fingerprint density at radius 3 is 2.89 bits per heavy atom. The normalized spacial score (nSPS) is 11.6. The van der Waals surface area contributed by atoms with E-state index in [4.69, 9.17) is 32.0 Å². The van der Waals surface area contributed by atoms with Gasteiger partial charge in [0.15, 0.2) is 5.84 Å². The molecule has 0 radical (unpaired) electrons. The number of rotatable bonds is 7.